The normalized spacial score (nSPS) is 29.2. The number of rotatable bonds is 3. The first-order valence-corrected chi connectivity index (χ1v) is 7.01. The van der Waals surface area contributed by atoms with Crippen molar-refractivity contribution < 1.29 is 24.5 Å². The lowest BCUT2D eigenvalue weighted by Crippen LogP contribution is -2.59. The molecule has 2 aliphatic heterocycles. The number of ether oxygens (including phenoxy) is 1. The predicted molar refractivity (Wildman–Crippen MR) is 70.3 cm³/mol. The van der Waals surface area contributed by atoms with Gasteiger partial charge in [0.25, 0.3) is 0 Å². The van der Waals surface area contributed by atoms with E-state index in [1.165, 1.54) is 0 Å². The van der Waals surface area contributed by atoms with E-state index in [0.717, 1.165) is 12.8 Å². The summed E-state index contributed by atoms with van der Waals surface area (Å²) in [7, 11) is 0. The van der Waals surface area contributed by atoms with Crippen LogP contribution in [0.15, 0.2) is 0 Å². The molecule has 0 aliphatic carbocycles. The van der Waals surface area contributed by atoms with Gasteiger partial charge in [-0.1, -0.05) is 0 Å². The molecule has 2 heterocycles. The van der Waals surface area contributed by atoms with Crippen molar-refractivity contribution in [2.24, 2.45) is 5.92 Å². The minimum absolute atomic E-state index is 0.0121. The second-order valence-corrected chi connectivity index (χ2v) is 5.69. The fourth-order valence-corrected chi connectivity index (χ4v) is 2.75. The number of carboxylic acids is 1. The highest BCUT2D eigenvalue weighted by Gasteiger charge is 2.45. The summed E-state index contributed by atoms with van der Waals surface area (Å²) in [6, 6.07) is -0.359. The first-order valence-electron chi connectivity index (χ1n) is 7.01. The van der Waals surface area contributed by atoms with Crippen LogP contribution < -0.4 is 5.32 Å². The summed E-state index contributed by atoms with van der Waals surface area (Å²) in [4.78, 5) is 25.1. The van der Waals surface area contributed by atoms with Crippen molar-refractivity contribution in [3.63, 3.8) is 0 Å². The Morgan fingerprint density at radius 2 is 2.05 bits per heavy atom. The SMILES string of the molecule is CC(O)C1CCN(C(=O)NC2(C(=O)O)CCOC2)CC1. The minimum atomic E-state index is -1.29. The van der Waals surface area contributed by atoms with E-state index < -0.39 is 11.5 Å². The Kier molecular flexibility index (Phi) is 4.49. The smallest absolute Gasteiger partial charge is 0.332 e. The van der Waals surface area contributed by atoms with Crippen LogP contribution in [0.4, 0.5) is 4.79 Å². The van der Waals surface area contributed by atoms with Gasteiger partial charge < -0.3 is 25.2 Å². The number of piperidine rings is 1. The number of hydrogen-bond acceptors (Lipinski definition) is 4. The molecule has 0 saturated carbocycles. The number of carbonyl (C=O) groups excluding carboxylic acids is 1. The van der Waals surface area contributed by atoms with Gasteiger partial charge in [0.2, 0.25) is 0 Å². The topological polar surface area (TPSA) is 99.1 Å². The lowest BCUT2D eigenvalue weighted by molar-refractivity contribution is -0.144. The second kappa shape index (κ2) is 5.97. The Balaban J connectivity index is 1.91. The molecule has 0 spiro atoms. The molecule has 0 aromatic rings. The monoisotopic (exact) mass is 286 g/mol. The molecular weight excluding hydrogens is 264 g/mol. The highest BCUT2D eigenvalue weighted by Crippen LogP contribution is 2.23. The van der Waals surface area contributed by atoms with Crippen molar-refractivity contribution in [2.75, 3.05) is 26.3 Å². The lowest BCUT2D eigenvalue weighted by atomic mass is 9.92. The van der Waals surface area contributed by atoms with Gasteiger partial charge in [0.05, 0.1) is 12.7 Å². The number of aliphatic carboxylic acids is 1. The third kappa shape index (κ3) is 3.04. The van der Waals surface area contributed by atoms with E-state index in [2.05, 4.69) is 5.32 Å². The highest BCUT2D eigenvalue weighted by atomic mass is 16.5. The number of hydrogen-bond donors (Lipinski definition) is 3. The average molecular weight is 286 g/mol. The molecule has 7 heteroatoms. The fraction of sp³-hybridized carbons (Fsp3) is 0.846. The van der Waals surface area contributed by atoms with Gasteiger partial charge in [0.15, 0.2) is 5.54 Å². The highest BCUT2D eigenvalue weighted by molar-refractivity contribution is 5.86. The summed E-state index contributed by atoms with van der Waals surface area (Å²) in [6.07, 6.45) is 1.40. The molecule has 2 rings (SSSR count). The third-order valence-corrected chi connectivity index (χ3v) is 4.29. The molecule has 0 aromatic carbocycles. The molecule has 114 valence electrons. The molecule has 3 N–H and O–H groups in total. The van der Waals surface area contributed by atoms with Gasteiger partial charge in [0.1, 0.15) is 0 Å². The maximum Gasteiger partial charge on any atom is 0.332 e. The van der Waals surface area contributed by atoms with Gasteiger partial charge in [-0.05, 0) is 25.7 Å². The van der Waals surface area contributed by atoms with Crippen LogP contribution in [-0.4, -0.2) is 65.1 Å². The molecular formula is C13H22N2O5. The summed E-state index contributed by atoms with van der Waals surface area (Å²) in [6.45, 7) is 3.19. The zero-order valence-corrected chi connectivity index (χ0v) is 11.7. The number of likely N-dealkylation sites (tertiary alicyclic amines) is 1. The number of carbonyl (C=O) groups is 2. The summed E-state index contributed by atoms with van der Waals surface area (Å²) in [5, 5.41) is 21.4. The maximum absolute atomic E-state index is 12.2. The van der Waals surface area contributed by atoms with Gasteiger partial charge in [-0.15, -0.1) is 0 Å². The molecule has 2 saturated heterocycles. The van der Waals surface area contributed by atoms with Gasteiger partial charge >= 0.3 is 12.0 Å². The zero-order chi connectivity index (χ0) is 14.8. The van der Waals surface area contributed by atoms with E-state index in [-0.39, 0.29) is 31.1 Å². The standard InChI is InChI=1S/C13H22N2O5/c1-9(16)10-2-5-15(6-3-10)12(19)14-13(11(17)18)4-7-20-8-13/h9-10,16H,2-8H2,1H3,(H,14,19)(H,17,18). The van der Waals surface area contributed by atoms with Crippen molar-refractivity contribution in [3.05, 3.63) is 0 Å². The van der Waals surface area contributed by atoms with Crippen molar-refractivity contribution in [2.45, 2.75) is 37.8 Å². The first kappa shape index (κ1) is 15.1. The van der Waals surface area contributed by atoms with E-state index in [1.54, 1.807) is 11.8 Å². The van der Waals surface area contributed by atoms with Crippen LogP contribution in [-0.2, 0) is 9.53 Å². The fourth-order valence-electron chi connectivity index (χ4n) is 2.75. The number of amides is 2. The molecule has 7 nitrogen and oxygen atoms in total. The van der Waals surface area contributed by atoms with E-state index in [4.69, 9.17) is 4.74 Å². The zero-order valence-electron chi connectivity index (χ0n) is 11.7. The quantitative estimate of drug-likeness (QED) is 0.680. The van der Waals surface area contributed by atoms with E-state index >= 15 is 0 Å². The summed E-state index contributed by atoms with van der Waals surface area (Å²) in [5.41, 5.74) is -1.29. The molecule has 0 radical (unpaired) electrons. The average Bonchev–Trinajstić information content (AvgIpc) is 2.88. The van der Waals surface area contributed by atoms with Crippen molar-refractivity contribution in [1.29, 1.82) is 0 Å². The van der Waals surface area contributed by atoms with E-state index in [1.807, 2.05) is 0 Å². The summed E-state index contributed by atoms with van der Waals surface area (Å²) < 4.78 is 5.11. The molecule has 2 aliphatic rings. The van der Waals surface area contributed by atoms with Crippen LogP contribution in [0.1, 0.15) is 26.2 Å². The molecule has 0 bridgehead atoms. The molecule has 2 fully saturated rings. The predicted octanol–water partition coefficient (Wildman–Crippen LogP) is 0.0325. The van der Waals surface area contributed by atoms with Crippen molar-refractivity contribution in [3.8, 4) is 0 Å². The lowest BCUT2D eigenvalue weighted by Gasteiger charge is -2.35. The summed E-state index contributed by atoms with van der Waals surface area (Å²) in [5.74, 6) is -0.843. The molecule has 2 atom stereocenters. The molecule has 0 aromatic heterocycles. The van der Waals surface area contributed by atoms with E-state index in [9.17, 15) is 19.8 Å². The second-order valence-electron chi connectivity index (χ2n) is 5.69. The van der Waals surface area contributed by atoms with E-state index in [0.29, 0.717) is 19.7 Å². The van der Waals surface area contributed by atoms with Gasteiger partial charge in [0, 0.05) is 26.1 Å². The minimum Gasteiger partial charge on any atom is -0.479 e. The van der Waals surface area contributed by atoms with Crippen LogP contribution in [0.3, 0.4) is 0 Å². The van der Waals surface area contributed by atoms with Crippen LogP contribution in [0, 0.1) is 5.92 Å². The molecule has 2 unspecified atom stereocenters. The molecule has 20 heavy (non-hydrogen) atoms. The number of nitrogens with one attached hydrogen (secondary N) is 1. The first-order chi connectivity index (χ1) is 9.44. The Labute approximate surface area is 117 Å². The number of nitrogens with zero attached hydrogens (tertiary/aromatic N) is 1. The number of aliphatic hydroxyl groups is 1. The third-order valence-electron chi connectivity index (χ3n) is 4.29. The van der Waals surface area contributed by atoms with Crippen molar-refractivity contribution >= 4 is 12.0 Å². The number of urea groups is 1. The Morgan fingerprint density at radius 1 is 1.40 bits per heavy atom. The molecule has 2 amide bonds. The van der Waals surface area contributed by atoms with Crippen LogP contribution in [0.25, 0.3) is 0 Å². The van der Waals surface area contributed by atoms with Gasteiger partial charge in [-0.25, -0.2) is 9.59 Å². The Hall–Kier alpha value is -1.34. The number of aliphatic hydroxyl groups excluding tert-OH is 1. The summed E-state index contributed by atoms with van der Waals surface area (Å²) >= 11 is 0. The largest absolute Gasteiger partial charge is 0.479 e. The van der Waals surface area contributed by atoms with Crippen LogP contribution >= 0.6 is 0 Å². The Bertz CT molecular complexity index is 371. The number of carboxylic acid groups (broad SMARTS) is 1. The van der Waals surface area contributed by atoms with Gasteiger partial charge in [-0.3, -0.25) is 0 Å². The van der Waals surface area contributed by atoms with Gasteiger partial charge in [-0.2, -0.15) is 0 Å². The van der Waals surface area contributed by atoms with Crippen LogP contribution in [0.5, 0.6) is 0 Å². The van der Waals surface area contributed by atoms with Crippen LogP contribution in [0.2, 0.25) is 0 Å². The van der Waals surface area contributed by atoms with Crippen molar-refractivity contribution in [1.82, 2.24) is 10.2 Å². The maximum atomic E-state index is 12.2. The Morgan fingerprint density at radius 3 is 2.50 bits per heavy atom.